The number of aryl methyl sites for hydroxylation is 1. The average Bonchev–Trinajstić information content (AvgIpc) is 2.94. The van der Waals surface area contributed by atoms with Gasteiger partial charge in [0.1, 0.15) is 0 Å². The van der Waals surface area contributed by atoms with E-state index < -0.39 is 0 Å². The lowest BCUT2D eigenvalue weighted by Crippen LogP contribution is -2.14. The molecule has 0 atom stereocenters. The number of hydrogen-bond acceptors (Lipinski definition) is 2. The van der Waals surface area contributed by atoms with Crippen LogP contribution in [0, 0.1) is 12.3 Å². The van der Waals surface area contributed by atoms with Crippen LogP contribution in [0.2, 0.25) is 0 Å². The molecule has 0 spiro atoms. The predicted molar refractivity (Wildman–Crippen MR) is 66.0 cm³/mol. The molecular formula is C13H20N2. The van der Waals surface area contributed by atoms with Crippen LogP contribution < -0.4 is 11.1 Å². The van der Waals surface area contributed by atoms with Crippen molar-refractivity contribution in [2.45, 2.75) is 33.1 Å². The summed E-state index contributed by atoms with van der Waals surface area (Å²) < 4.78 is 0. The van der Waals surface area contributed by atoms with Gasteiger partial charge in [-0.15, -0.1) is 0 Å². The fourth-order valence-electron chi connectivity index (χ4n) is 2.04. The molecule has 2 rings (SSSR count). The van der Waals surface area contributed by atoms with Crippen molar-refractivity contribution in [3.8, 4) is 0 Å². The summed E-state index contributed by atoms with van der Waals surface area (Å²) in [7, 11) is 0. The minimum absolute atomic E-state index is 0.582. The number of nitrogen functional groups attached to an aromatic ring is 1. The second kappa shape index (κ2) is 3.76. The first-order valence-corrected chi connectivity index (χ1v) is 5.75. The van der Waals surface area contributed by atoms with Crippen molar-refractivity contribution in [2.75, 3.05) is 17.6 Å². The maximum absolute atomic E-state index is 5.81. The molecule has 0 unspecified atom stereocenters. The van der Waals surface area contributed by atoms with Gasteiger partial charge in [0.2, 0.25) is 0 Å². The number of rotatable bonds is 4. The number of hydrogen-bond donors (Lipinski definition) is 2. The molecule has 82 valence electrons. The summed E-state index contributed by atoms with van der Waals surface area (Å²) in [6, 6.07) is 6.17. The maximum atomic E-state index is 5.81. The van der Waals surface area contributed by atoms with Gasteiger partial charge < -0.3 is 11.1 Å². The van der Waals surface area contributed by atoms with Crippen LogP contribution in [-0.2, 0) is 0 Å². The quantitative estimate of drug-likeness (QED) is 0.739. The van der Waals surface area contributed by atoms with Crippen LogP contribution in [0.15, 0.2) is 18.2 Å². The summed E-state index contributed by atoms with van der Waals surface area (Å²) >= 11 is 0. The highest BCUT2D eigenvalue weighted by Crippen LogP contribution is 2.48. The molecule has 1 aliphatic rings. The van der Waals surface area contributed by atoms with Gasteiger partial charge in [-0.3, -0.25) is 0 Å². The van der Waals surface area contributed by atoms with E-state index in [9.17, 15) is 0 Å². The molecule has 0 saturated heterocycles. The van der Waals surface area contributed by atoms with E-state index in [-0.39, 0.29) is 0 Å². The zero-order valence-corrected chi connectivity index (χ0v) is 9.64. The monoisotopic (exact) mass is 204 g/mol. The second-order valence-corrected chi connectivity index (χ2v) is 4.84. The Morgan fingerprint density at radius 1 is 1.33 bits per heavy atom. The van der Waals surface area contributed by atoms with Gasteiger partial charge in [-0.1, -0.05) is 6.92 Å². The second-order valence-electron chi connectivity index (χ2n) is 4.84. The molecule has 0 amide bonds. The highest BCUT2D eigenvalue weighted by molar-refractivity contribution is 5.56. The first-order valence-electron chi connectivity index (χ1n) is 5.75. The van der Waals surface area contributed by atoms with E-state index >= 15 is 0 Å². The SMILES string of the molecule is CCC1(CNc2cc(C)cc(N)c2)CC1. The zero-order valence-electron chi connectivity index (χ0n) is 9.64. The van der Waals surface area contributed by atoms with Gasteiger partial charge in [0.05, 0.1) is 0 Å². The average molecular weight is 204 g/mol. The Hall–Kier alpha value is -1.18. The predicted octanol–water partition coefficient (Wildman–Crippen LogP) is 3.18. The summed E-state index contributed by atoms with van der Waals surface area (Å²) in [4.78, 5) is 0. The molecule has 1 aromatic rings. The molecule has 3 N–H and O–H groups in total. The molecule has 1 aromatic carbocycles. The Bertz CT molecular complexity index is 333. The number of benzene rings is 1. The molecule has 0 heterocycles. The molecule has 0 aliphatic heterocycles. The van der Waals surface area contributed by atoms with Gasteiger partial charge in [0.15, 0.2) is 0 Å². The van der Waals surface area contributed by atoms with Crippen LogP contribution in [-0.4, -0.2) is 6.54 Å². The van der Waals surface area contributed by atoms with E-state index in [0.29, 0.717) is 5.41 Å². The van der Waals surface area contributed by atoms with Crippen molar-refractivity contribution in [3.05, 3.63) is 23.8 Å². The molecule has 0 aromatic heterocycles. The summed E-state index contributed by atoms with van der Waals surface area (Å²) in [5.74, 6) is 0. The fraction of sp³-hybridized carbons (Fsp3) is 0.538. The maximum Gasteiger partial charge on any atom is 0.0363 e. The Labute approximate surface area is 91.9 Å². The minimum atomic E-state index is 0.582. The van der Waals surface area contributed by atoms with Crippen molar-refractivity contribution in [1.82, 2.24) is 0 Å². The zero-order chi connectivity index (χ0) is 10.9. The third-order valence-corrected chi connectivity index (χ3v) is 3.47. The van der Waals surface area contributed by atoms with Gasteiger partial charge >= 0.3 is 0 Å². The standard InChI is InChI=1S/C13H20N2/c1-3-13(4-5-13)9-15-12-7-10(2)6-11(14)8-12/h6-8,15H,3-5,9,14H2,1-2H3. The van der Waals surface area contributed by atoms with Crippen LogP contribution >= 0.6 is 0 Å². The normalized spacial score (nSPS) is 17.5. The van der Waals surface area contributed by atoms with Gasteiger partial charge in [-0.05, 0) is 55.4 Å². The van der Waals surface area contributed by atoms with Gasteiger partial charge in [0, 0.05) is 17.9 Å². The topological polar surface area (TPSA) is 38.0 Å². The van der Waals surface area contributed by atoms with Crippen LogP contribution in [0.25, 0.3) is 0 Å². The fourth-order valence-corrected chi connectivity index (χ4v) is 2.04. The Balaban J connectivity index is 1.99. The first kappa shape index (κ1) is 10.3. The largest absolute Gasteiger partial charge is 0.399 e. The van der Waals surface area contributed by atoms with Crippen molar-refractivity contribution in [1.29, 1.82) is 0 Å². The van der Waals surface area contributed by atoms with E-state index in [2.05, 4.69) is 25.2 Å². The third kappa shape index (κ3) is 2.44. The van der Waals surface area contributed by atoms with Crippen LogP contribution in [0.4, 0.5) is 11.4 Å². The van der Waals surface area contributed by atoms with Crippen molar-refractivity contribution in [2.24, 2.45) is 5.41 Å². The van der Waals surface area contributed by atoms with Gasteiger partial charge in [-0.25, -0.2) is 0 Å². The molecule has 2 nitrogen and oxygen atoms in total. The van der Waals surface area contributed by atoms with Crippen molar-refractivity contribution in [3.63, 3.8) is 0 Å². The molecule has 2 heteroatoms. The van der Waals surface area contributed by atoms with E-state index in [4.69, 9.17) is 5.73 Å². The first-order chi connectivity index (χ1) is 7.13. The summed E-state index contributed by atoms with van der Waals surface area (Å²) in [6.07, 6.45) is 4.02. The lowest BCUT2D eigenvalue weighted by atomic mass is 10.0. The van der Waals surface area contributed by atoms with Crippen LogP contribution in [0.1, 0.15) is 31.7 Å². The highest BCUT2D eigenvalue weighted by Gasteiger charge is 2.40. The van der Waals surface area contributed by atoms with E-state index in [0.717, 1.165) is 17.9 Å². The lowest BCUT2D eigenvalue weighted by molar-refractivity contribution is 0.521. The number of anilines is 2. The molecule has 0 bridgehead atoms. The molecule has 0 radical (unpaired) electrons. The van der Waals surface area contributed by atoms with E-state index in [1.165, 1.54) is 24.8 Å². The van der Waals surface area contributed by atoms with Gasteiger partial charge in [-0.2, -0.15) is 0 Å². The van der Waals surface area contributed by atoms with E-state index in [1.807, 2.05) is 12.1 Å². The summed E-state index contributed by atoms with van der Waals surface area (Å²) in [5, 5.41) is 3.50. The van der Waals surface area contributed by atoms with E-state index in [1.54, 1.807) is 0 Å². The number of nitrogens with two attached hydrogens (primary N) is 1. The molecular weight excluding hydrogens is 184 g/mol. The Morgan fingerprint density at radius 2 is 2.07 bits per heavy atom. The summed E-state index contributed by atoms with van der Waals surface area (Å²) in [6.45, 7) is 5.44. The smallest absolute Gasteiger partial charge is 0.0363 e. The molecule has 1 saturated carbocycles. The van der Waals surface area contributed by atoms with Crippen molar-refractivity contribution < 1.29 is 0 Å². The third-order valence-electron chi connectivity index (χ3n) is 3.47. The van der Waals surface area contributed by atoms with Crippen LogP contribution in [0.3, 0.4) is 0 Å². The lowest BCUT2D eigenvalue weighted by Gasteiger charge is -2.15. The molecule has 15 heavy (non-hydrogen) atoms. The van der Waals surface area contributed by atoms with Gasteiger partial charge in [0.25, 0.3) is 0 Å². The number of nitrogens with one attached hydrogen (secondary N) is 1. The Kier molecular flexibility index (Phi) is 2.59. The highest BCUT2D eigenvalue weighted by atomic mass is 14.9. The Morgan fingerprint density at radius 3 is 2.60 bits per heavy atom. The van der Waals surface area contributed by atoms with Crippen LogP contribution in [0.5, 0.6) is 0 Å². The molecule has 1 fully saturated rings. The minimum Gasteiger partial charge on any atom is -0.399 e. The van der Waals surface area contributed by atoms with Crippen molar-refractivity contribution >= 4 is 11.4 Å². The molecule has 1 aliphatic carbocycles. The summed E-state index contributed by atoms with van der Waals surface area (Å²) in [5.41, 5.74) is 9.62.